The standard InChI is InChI=1S/C8H10BrClN2O2S/c1-2-12-15(13,14)8-3-5(9)7(11)4-6(8)10/h3-4,12H,2,11H2,1H3. The van der Waals surface area contributed by atoms with Crippen LogP contribution in [0.3, 0.4) is 0 Å². The van der Waals surface area contributed by atoms with E-state index in [1.165, 1.54) is 12.1 Å². The first-order chi connectivity index (χ1) is 6.88. The molecule has 0 saturated carbocycles. The molecule has 4 nitrogen and oxygen atoms in total. The molecule has 0 bridgehead atoms. The maximum atomic E-state index is 11.7. The van der Waals surface area contributed by atoms with Crippen LogP contribution in [0.2, 0.25) is 5.02 Å². The summed E-state index contributed by atoms with van der Waals surface area (Å²) in [6, 6.07) is 2.78. The van der Waals surface area contributed by atoms with Crippen molar-refractivity contribution in [2.75, 3.05) is 12.3 Å². The van der Waals surface area contributed by atoms with Crippen LogP contribution in [0.1, 0.15) is 6.92 Å². The van der Waals surface area contributed by atoms with Gasteiger partial charge in [-0.15, -0.1) is 0 Å². The van der Waals surface area contributed by atoms with Crippen molar-refractivity contribution in [2.24, 2.45) is 0 Å². The average Bonchev–Trinajstić information content (AvgIpc) is 2.11. The van der Waals surface area contributed by atoms with E-state index in [0.717, 1.165) is 0 Å². The van der Waals surface area contributed by atoms with E-state index in [2.05, 4.69) is 20.7 Å². The van der Waals surface area contributed by atoms with Crippen molar-refractivity contribution in [3.8, 4) is 0 Å². The maximum absolute atomic E-state index is 11.7. The first kappa shape index (κ1) is 12.8. The molecule has 3 N–H and O–H groups in total. The van der Waals surface area contributed by atoms with Crippen LogP contribution >= 0.6 is 27.5 Å². The number of hydrogen-bond donors (Lipinski definition) is 2. The second-order valence-corrected chi connectivity index (χ2v) is 5.80. The van der Waals surface area contributed by atoms with Gasteiger partial charge in [0.05, 0.1) is 5.02 Å². The summed E-state index contributed by atoms with van der Waals surface area (Å²) in [5.74, 6) is 0. The van der Waals surface area contributed by atoms with E-state index < -0.39 is 10.0 Å². The number of sulfonamides is 1. The quantitative estimate of drug-likeness (QED) is 0.838. The van der Waals surface area contributed by atoms with E-state index in [4.69, 9.17) is 17.3 Å². The molecule has 1 aromatic rings. The van der Waals surface area contributed by atoms with Crippen molar-refractivity contribution in [3.63, 3.8) is 0 Å². The molecule has 1 aromatic carbocycles. The number of hydrogen-bond acceptors (Lipinski definition) is 3. The van der Waals surface area contributed by atoms with Crippen LogP contribution in [0.4, 0.5) is 5.69 Å². The number of halogens is 2. The Morgan fingerprint density at radius 1 is 1.53 bits per heavy atom. The molecule has 0 saturated heterocycles. The maximum Gasteiger partial charge on any atom is 0.242 e. The van der Waals surface area contributed by atoms with E-state index in [-0.39, 0.29) is 9.92 Å². The largest absolute Gasteiger partial charge is 0.398 e. The lowest BCUT2D eigenvalue weighted by molar-refractivity contribution is 0.584. The molecule has 1 rings (SSSR count). The number of anilines is 1. The number of nitrogen functional groups attached to an aromatic ring is 1. The smallest absolute Gasteiger partial charge is 0.242 e. The van der Waals surface area contributed by atoms with Crippen molar-refractivity contribution in [3.05, 3.63) is 21.6 Å². The zero-order valence-corrected chi connectivity index (χ0v) is 11.1. The monoisotopic (exact) mass is 312 g/mol. The van der Waals surface area contributed by atoms with Gasteiger partial charge in [0, 0.05) is 16.7 Å². The average molecular weight is 314 g/mol. The molecular weight excluding hydrogens is 304 g/mol. The van der Waals surface area contributed by atoms with Gasteiger partial charge >= 0.3 is 0 Å². The highest BCUT2D eigenvalue weighted by Gasteiger charge is 2.18. The van der Waals surface area contributed by atoms with E-state index in [1.807, 2.05) is 0 Å². The SMILES string of the molecule is CCNS(=O)(=O)c1cc(Br)c(N)cc1Cl. The van der Waals surface area contributed by atoms with Gasteiger partial charge in [-0.3, -0.25) is 0 Å². The highest BCUT2D eigenvalue weighted by molar-refractivity contribution is 9.10. The fourth-order valence-electron chi connectivity index (χ4n) is 1.02. The summed E-state index contributed by atoms with van der Waals surface area (Å²) in [5, 5.41) is 0.108. The fourth-order valence-corrected chi connectivity index (χ4v) is 3.11. The summed E-state index contributed by atoms with van der Waals surface area (Å²) in [4.78, 5) is 0.0205. The molecular formula is C8H10BrClN2O2S. The molecule has 0 amide bonds. The van der Waals surface area contributed by atoms with Gasteiger partial charge in [0.2, 0.25) is 10.0 Å². The second-order valence-electron chi connectivity index (χ2n) is 2.81. The third kappa shape index (κ3) is 2.84. The highest BCUT2D eigenvalue weighted by Crippen LogP contribution is 2.30. The minimum Gasteiger partial charge on any atom is -0.398 e. The summed E-state index contributed by atoms with van der Waals surface area (Å²) in [6.07, 6.45) is 0. The molecule has 0 heterocycles. The third-order valence-electron chi connectivity index (χ3n) is 1.68. The topological polar surface area (TPSA) is 72.2 Å². The lowest BCUT2D eigenvalue weighted by Crippen LogP contribution is -2.23. The van der Waals surface area contributed by atoms with Gasteiger partial charge in [-0.2, -0.15) is 0 Å². The summed E-state index contributed by atoms with van der Waals surface area (Å²) < 4.78 is 26.2. The van der Waals surface area contributed by atoms with Gasteiger partial charge in [-0.1, -0.05) is 18.5 Å². The molecule has 15 heavy (non-hydrogen) atoms. The normalized spacial score (nSPS) is 11.7. The number of benzene rings is 1. The third-order valence-corrected chi connectivity index (χ3v) is 4.37. The molecule has 0 unspecified atom stereocenters. The van der Waals surface area contributed by atoms with E-state index >= 15 is 0 Å². The van der Waals surface area contributed by atoms with Crippen LogP contribution < -0.4 is 10.5 Å². The second kappa shape index (κ2) is 4.69. The van der Waals surface area contributed by atoms with Gasteiger partial charge in [0.25, 0.3) is 0 Å². The van der Waals surface area contributed by atoms with Gasteiger partial charge in [-0.05, 0) is 28.1 Å². The van der Waals surface area contributed by atoms with Crippen molar-refractivity contribution >= 4 is 43.2 Å². The van der Waals surface area contributed by atoms with E-state index in [0.29, 0.717) is 16.7 Å². The van der Waals surface area contributed by atoms with Crippen molar-refractivity contribution < 1.29 is 8.42 Å². The Hall–Kier alpha value is -0.300. The Morgan fingerprint density at radius 2 is 2.13 bits per heavy atom. The van der Waals surface area contributed by atoms with Crippen LogP contribution in [0.25, 0.3) is 0 Å². The van der Waals surface area contributed by atoms with Crippen LogP contribution in [-0.4, -0.2) is 15.0 Å². The van der Waals surface area contributed by atoms with Crippen LogP contribution in [0.15, 0.2) is 21.5 Å². The Balaban J connectivity index is 3.33. The molecule has 0 aliphatic heterocycles. The summed E-state index contributed by atoms with van der Waals surface area (Å²) in [6.45, 7) is 2.00. The Morgan fingerprint density at radius 3 is 2.67 bits per heavy atom. The summed E-state index contributed by atoms with van der Waals surface area (Å²) in [5.41, 5.74) is 5.96. The van der Waals surface area contributed by atoms with E-state index in [9.17, 15) is 8.42 Å². The van der Waals surface area contributed by atoms with Crippen LogP contribution in [0.5, 0.6) is 0 Å². The van der Waals surface area contributed by atoms with Crippen LogP contribution in [0, 0.1) is 0 Å². The lowest BCUT2D eigenvalue weighted by atomic mass is 10.3. The molecule has 0 spiro atoms. The zero-order valence-electron chi connectivity index (χ0n) is 7.92. The summed E-state index contributed by atoms with van der Waals surface area (Å²) in [7, 11) is -3.55. The minimum atomic E-state index is -3.55. The molecule has 7 heteroatoms. The highest BCUT2D eigenvalue weighted by atomic mass is 79.9. The Kier molecular flexibility index (Phi) is 3.99. The van der Waals surface area contributed by atoms with Crippen molar-refractivity contribution in [1.29, 1.82) is 0 Å². The van der Waals surface area contributed by atoms with Crippen molar-refractivity contribution in [1.82, 2.24) is 4.72 Å². The minimum absolute atomic E-state index is 0.0205. The number of nitrogens with one attached hydrogen (secondary N) is 1. The molecule has 0 aromatic heterocycles. The Labute approximate surface area is 102 Å². The first-order valence-corrected chi connectivity index (χ1v) is 6.78. The van der Waals surface area contributed by atoms with Gasteiger partial charge in [-0.25, -0.2) is 13.1 Å². The molecule has 0 aliphatic carbocycles. The van der Waals surface area contributed by atoms with Crippen LogP contribution in [-0.2, 0) is 10.0 Å². The lowest BCUT2D eigenvalue weighted by Gasteiger charge is -2.08. The van der Waals surface area contributed by atoms with Gasteiger partial charge in [0.1, 0.15) is 4.90 Å². The molecule has 84 valence electrons. The van der Waals surface area contributed by atoms with Gasteiger partial charge in [0.15, 0.2) is 0 Å². The predicted molar refractivity (Wildman–Crippen MR) is 64.4 cm³/mol. The fraction of sp³-hybridized carbons (Fsp3) is 0.250. The molecule has 0 fully saturated rings. The summed E-state index contributed by atoms with van der Waals surface area (Å²) >= 11 is 8.95. The number of rotatable bonds is 3. The van der Waals surface area contributed by atoms with E-state index in [1.54, 1.807) is 6.92 Å². The predicted octanol–water partition coefficient (Wildman–Crippen LogP) is 1.98. The zero-order chi connectivity index (χ0) is 11.6. The molecule has 0 atom stereocenters. The molecule has 0 aliphatic rings. The van der Waals surface area contributed by atoms with Gasteiger partial charge < -0.3 is 5.73 Å². The van der Waals surface area contributed by atoms with Crippen molar-refractivity contribution in [2.45, 2.75) is 11.8 Å². The number of nitrogens with two attached hydrogens (primary N) is 1. The first-order valence-electron chi connectivity index (χ1n) is 4.12. The Bertz CT molecular complexity index is 476. The molecule has 0 radical (unpaired) electrons.